The number of piperazine rings is 1. The highest BCUT2D eigenvalue weighted by Crippen LogP contribution is 2.35. The van der Waals surface area contributed by atoms with E-state index in [0.717, 1.165) is 0 Å². The van der Waals surface area contributed by atoms with Crippen LogP contribution < -0.4 is 4.74 Å². The van der Waals surface area contributed by atoms with Crippen molar-refractivity contribution in [3.63, 3.8) is 0 Å². The van der Waals surface area contributed by atoms with Gasteiger partial charge >= 0.3 is 6.09 Å². The van der Waals surface area contributed by atoms with Gasteiger partial charge in [-0.05, 0) is 12.1 Å². The fourth-order valence-electron chi connectivity index (χ4n) is 3.30. The maximum Gasteiger partial charge on any atom is 0.407 e. The van der Waals surface area contributed by atoms with Crippen molar-refractivity contribution in [2.24, 2.45) is 0 Å². The largest absolute Gasteiger partial charge is 0.495 e. The van der Waals surface area contributed by atoms with E-state index in [2.05, 4.69) is 4.90 Å². The van der Waals surface area contributed by atoms with Crippen LogP contribution in [-0.2, 0) is 4.74 Å². The zero-order valence-corrected chi connectivity index (χ0v) is 13.2. The Kier molecular flexibility index (Phi) is 4.55. The van der Waals surface area contributed by atoms with Crippen LogP contribution >= 0.6 is 0 Å². The third-order valence-electron chi connectivity index (χ3n) is 4.57. The number of methoxy groups -OCH3 is 1. The molecule has 2 heterocycles. The first-order valence-corrected chi connectivity index (χ1v) is 7.65. The summed E-state index contributed by atoms with van der Waals surface area (Å²) >= 11 is 0. The highest BCUT2D eigenvalue weighted by Gasteiger charge is 2.36. The topological polar surface area (TPSA) is 86.0 Å². The predicted octanol–water partition coefficient (Wildman–Crippen LogP) is 1.44. The lowest BCUT2D eigenvalue weighted by Gasteiger charge is -2.45. The van der Waals surface area contributed by atoms with Crippen LogP contribution in [0.1, 0.15) is 17.2 Å². The van der Waals surface area contributed by atoms with Gasteiger partial charge in [0, 0.05) is 31.7 Å². The van der Waals surface area contributed by atoms with Crippen LogP contribution in [0.25, 0.3) is 0 Å². The van der Waals surface area contributed by atoms with E-state index in [1.165, 1.54) is 18.1 Å². The molecule has 1 N–H and O–H groups in total. The normalized spacial score (nSPS) is 24.1. The standard InChI is InChI=1S/C16H18FN3O4/c1-23-15-11(2-3-13(17)12(15)6-18)14-8-19-4-5-20(16(21)22)7-10(19)9-24-14/h2-3,10,14H,4-5,7-9H2,1H3,(H,21,22)/t10-,14+/m0/s1. The van der Waals surface area contributed by atoms with Gasteiger partial charge in [-0.3, -0.25) is 4.90 Å². The van der Waals surface area contributed by atoms with Crippen molar-refractivity contribution in [2.75, 3.05) is 39.9 Å². The summed E-state index contributed by atoms with van der Waals surface area (Å²) in [6, 6.07) is 4.66. The minimum absolute atomic E-state index is 0.00739. The number of carboxylic acid groups (broad SMARTS) is 1. The molecular formula is C16H18FN3O4. The van der Waals surface area contributed by atoms with Crippen LogP contribution in [0.15, 0.2) is 12.1 Å². The average molecular weight is 335 g/mol. The first-order valence-electron chi connectivity index (χ1n) is 7.65. The van der Waals surface area contributed by atoms with E-state index in [1.807, 2.05) is 6.07 Å². The van der Waals surface area contributed by atoms with Crippen molar-refractivity contribution in [1.29, 1.82) is 5.26 Å². The Hall–Kier alpha value is -2.37. The molecule has 128 valence electrons. The number of nitriles is 1. The Morgan fingerprint density at radius 1 is 1.46 bits per heavy atom. The van der Waals surface area contributed by atoms with Crippen molar-refractivity contribution in [3.05, 3.63) is 29.1 Å². The van der Waals surface area contributed by atoms with Crippen molar-refractivity contribution in [2.45, 2.75) is 12.1 Å². The van der Waals surface area contributed by atoms with E-state index in [4.69, 9.17) is 19.8 Å². The molecule has 0 bridgehead atoms. The lowest BCUT2D eigenvalue weighted by molar-refractivity contribution is -0.0872. The number of amides is 1. The Morgan fingerprint density at radius 3 is 2.92 bits per heavy atom. The number of nitrogens with zero attached hydrogens (tertiary/aromatic N) is 3. The number of hydrogen-bond acceptors (Lipinski definition) is 5. The molecular weight excluding hydrogens is 317 g/mol. The quantitative estimate of drug-likeness (QED) is 0.880. The van der Waals surface area contributed by atoms with Crippen LogP contribution in [0.4, 0.5) is 9.18 Å². The number of benzene rings is 1. The molecule has 3 rings (SSSR count). The molecule has 1 amide bonds. The Balaban J connectivity index is 1.80. The molecule has 0 unspecified atom stereocenters. The SMILES string of the molecule is COc1c([C@H]2CN3CCN(C(=O)O)C[C@H]3CO2)ccc(F)c1C#N. The minimum Gasteiger partial charge on any atom is -0.495 e. The van der Waals surface area contributed by atoms with Gasteiger partial charge in [0.05, 0.1) is 25.9 Å². The van der Waals surface area contributed by atoms with E-state index in [9.17, 15) is 9.18 Å². The second-order valence-corrected chi connectivity index (χ2v) is 5.86. The molecule has 0 aromatic heterocycles. The van der Waals surface area contributed by atoms with Crippen molar-refractivity contribution < 1.29 is 23.8 Å². The number of halogens is 1. The molecule has 1 aromatic carbocycles. The van der Waals surface area contributed by atoms with E-state index in [1.54, 1.807) is 6.07 Å². The van der Waals surface area contributed by atoms with Crippen LogP contribution in [0.3, 0.4) is 0 Å². The van der Waals surface area contributed by atoms with E-state index in [0.29, 0.717) is 38.3 Å². The fraction of sp³-hybridized carbons (Fsp3) is 0.500. The zero-order chi connectivity index (χ0) is 17.3. The summed E-state index contributed by atoms with van der Waals surface area (Å²) in [5, 5.41) is 18.2. The average Bonchev–Trinajstić information content (AvgIpc) is 2.60. The lowest BCUT2D eigenvalue weighted by Crippen LogP contribution is -2.59. The maximum atomic E-state index is 13.8. The third-order valence-corrected chi connectivity index (χ3v) is 4.57. The summed E-state index contributed by atoms with van der Waals surface area (Å²) in [4.78, 5) is 14.6. The van der Waals surface area contributed by atoms with Gasteiger partial charge in [-0.15, -0.1) is 0 Å². The summed E-state index contributed by atoms with van der Waals surface area (Å²) < 4.78 is 24.9. The molecule has 0 saturated carbocycles. The maximum absolute atomic E-state index is 13.8. The number of morpholine rings is 1. The van der Waals surface area contributed by atoms with Crippen LogP contribution in [0, 0.1) is 17.1 Å². The van der Waals surface area contributed by atoms with Crippen molar-refractivity contribution >= 4 is 6.09 Å². The first-order chi connectivity index (χ1) is 11.5. The van der Waals surface area contributed by atoms with Gasteiger partial charge in [0.2, 0.25) is 0 Å². The summed E-state index contributed by atoms with van der Waals surface area (Å²) in [5.41, 5.74) is 0.506. The molecule has 0 radical (unpaired) electrons. The Labute approximate surface area is 138 Å². The molecule has 24 heavy (non-hydrogen) atoms. The number of rotatable bonds is 2. The molecule has 0 aliphatic carbocycles. The Bertz CT molecular complexity index is 691. The second kappa shape index (κ2) is 6.63. The molecule has 7 nitrogen and oxygen atoms in total. The van der Waals surface area contributed by atoms with Crippen LogP contribution in [-0.4, -0.2) is 66.9 Å². The first kappa shape index (κ1) is 16.5. The van der Waals surface area contributed by atoms with E-state index >= 15 is 0 Å². The minimum atomic E-state index is -0.921. The lowest BCUT2D eigenvalue weighted by atomic mass is 10.0. The van der Waals surface area contributed by atoms with Gasteiger partial charge in [-0.25, -0.2) is 9.18 Å². The molecule has 2 saturated heterocycles. The number of hydrogen-bond donors (Lipinski definition) is 1. The molecule has 2 atom stereocenters. The summed E-state index contributed by atoms with van der Waals surface area (Å²) in [6.07, 6.45) is -1.27. The zero-order valence-electron chi connectivity index (χ0n) is 13.2. The molecule has 0 spiro atoms. The smallest absolute Gasteiger partial charge is 0.407 e. The highest BCUT2D eigenvalue weighted by atomic mass is 19.1. The van der Waals surface area contributed by atoms with Gasteiger partial charge < -0.3 is 19.5 Å². The number of fused-ring (bicyclic) bond motifs is 1. The second-order valence-electron chi connectivity index (χ2n) is 5.86. The number of carbonyl (C=O) groups is 1. The van der Waals surface area contributed by atoms with Gasteiger partial charge in [0.25, 0.3) is 0 Å². The predicted molar refractivity (Wildman–Crippen MR) is 81.3 cm³/mol. The monoisotopic (exact) mass is 335 g/mol. The summed E-state index contributed by atoms with van der Waals surface area (Å²) in [5.74, 6) is -0.424. The number of ether oxygens (including phenoxy) is 2. The van der Waals surface area contributed by atoms with Gasteiger partial charge in [-0.1, -0.05) is 0 Å². The van der Waals surface area contributed by atoms with Crippen LogP contribution in [0.2, 0.25) is 0 Å². The van der Waals surface area contributed by atoms with Gasteiger partial charge in [-0.2, -0.15) is 5.26 Å². The summed E-state index contributed by atoms with van der Waals surface area (Å²) in [7, 11) is 1.40. The Morgan fingerprint density at radius 2 is 2.25 bits per heavy atom. The molecule has 2 aliphatic heterocycles. The molecule has 2 fully saturated rings. The van der Waals surface area contributed by atoms with Crippen molar-refractivity contribution in [1.82, 2.24) is 9.80 Å². The molecule has 1 aromatic rings. The van der Waals surface area contributed by atoms with Gasteiger partial charge in [0.1, 0.15) is 23.2 Å². The van der Waals surface area contributed by atoms with E-state index < -0.39 is 11.9 Å². The molecule has 2 aliphatic rings. The third kappa shape index (κ3) is 2.88. The fourth-order valence-corrected chi connectivity index (χ4v) is 3.30. The molecule has 8 heteroatoms. The van der Waals surface area contributed by atoms with Crippen molar-refractivity contribution in [3.8, 4) is 11.8 Å². The van der Waals surface area contributed by atoms with E-state index in [-0.39, 0.29) is 23.5 Å². The highest BCUT2D eigenvalue weighted by molar-refractivity contribution is 5.65. The van der Waals surface area contributed by atoms with Gasteiger partial charge in [0.15, 0.2) is 0 Å². The van der Waals surface area contributed by atoms with Crippen LogP contribution in [0.5, 0.6) is 5.75 Å². The summed E-state index contributed by atoms with van der Waals surface area (Å²) in [6.45, 7) is 2.39.